The zero-order valence-electron chi connectivity index (χ0n) is 13.8. The molecule has 0 heterocycles. The van der Waals surface area contributed by atoms with Crippen molar-refractivity contribution in [1.82, 2.24) is 0 Å². The normalized spacial score (nSPS) is 16.8. The Morgan fingerprint density at radius 2 is 0.909 bits per heavy atom. The minimum Gasteiger partial charge on any atom is -0.0804 e. The summed E-state index contributed by atoms with van der Waals surface area (Å²) in [5.41, 5.74) is 5.28. The molecule has 2 heteroatoms. The van der Waals surface area contributed by atoms with Crippen LogP contribution in [0.3, 0.4) is 0 Å². The highest BCUT2D eigenvalue weighted by atomic mass is 79.9. The number of hydrogen-bond donors (Lipinski definition) is 0. The van der Waals surface area contributed by atoms with Gasteiger partial charge in [0.2, 0.25) is 0 Å². The quantitative estimate of drug-likeness (QED) is 0.454. The molecule has 0 aliphatic rings. The van der Waals surface area contributed by atoms with E-state index in [0.29, 0.717) is 0 Å². The lowest BCUT2D eigenvalue weighted by Gasteiger charge is -2.29. The summed E-state index contributed by atoms with van der Waals surface area (Å²) >= 11 is 7.86. The van der Waals surface area contributed by atoms with Crippen molar-refractivity contribution in [3.8, 4) is 0 Å². The average molecular weight is 424 g/mol. The highest BCUT2D eigenvalue weighted by molar-refractivity contribution is 9.10. The highest BCUT2D eigenvalue weighted by Crippen LogP contribution is 2.43. The number of alkyl halides is 2. The average Bonchev–Trinajstić information content (AvgIpc) is 2.46. The van der Waals surface area contributed by atoms with Crippen LogP contribution in [0.1, 0.15) is 48.9 Å². The summed E-state index contributed by atoms with van der Waals surface area (Å²) < 4.78 is 0.000847. The van der Waals surface area contributed by atoms with E-state index in [4.69, 9.17) is 0 Å². The van der Waals surface area contributed by atoms with Gasteiger partial charge in [-0.3, -0.25) is 0 Å². The Labute approximate surface area is 151 Å². The molecule has 0 fully saturated rings. The van der Waals surface area contributed by atoms with Crippen LogP contribution in [0.5, 0.6) is 0 Å². The highest BCUT2D eigenvalue weighted by Gasteiger charge is 2.29. The molecule has 0 amide bonds. The number of hydrogen-bond acceptors (Lipinski definition) is 0. The Morgan fingerprint density at radius 1 is 0.636 bits per heavy atom. The largest absolute Gasteiger partial charge is 0.0804 e. The molecule has 2 aromatic rings. The lowest BCUT2D eigenvalue weighted by Crippen LogP contribution is -2.20. The maximum atomic E-state index is 3.93. The van der Waals surface area contributed by atoms with Gasteiger partial charge in [0, 0.05) is 8.65 Å². The molecule has 0 nitrogen and oxygen atoms in total. The fourth-order valence-corrected chi connectivity index (χ4v) is 3.49. The van der Waals surface area contributed by atoms with E-state index < -0.39 is 0 Å². The van der Waals surface area contributed by atoms with Crippen molar-refractivity contribution in [3.63, 3.8) is 0 Å². The van der Waals surface area contributed by atoms with Crippen molar-refractivity contribution >= 4 is 31.9 Å². The smallest absolute Gasteiger partial charge is 0.0478 e. The van der Waals surface area contributed by atoms with Gasteiger partial charge in [0.25, 0.3) is 0 Å². The Bertz CT molecular complexity index is 550. The van der Waals surface area contributed by atoms with E-state index in [2.05, 4.69) is 108 Å². The number of halogens is 2. The zero-order chi connectivity index (χ0) is 16.4. The predicted octanol–water partition coefficient (Wildman–Crippen LogP) is 7.00. The van der Waals surface area contributed by atoms with Gasteiger partial charge in [-0.2, -0.15) is 0 Å². The van der Waals surface area contributed by atoms with Gasteiger partial charge in [0.05, 0.1) is 0 Å². The molecule has 2 atom stereocenters. The molecule has 0 radical (unpaired) electrons. The molecule has 2 rings (SSSR count). The monoisotopic (exact) mass is 422 g/mol. The molecule has 22 heavy (non-hydrogen) atoms. The molecule has 0 spiro atoms. The fraction of sp³-hybridized carbons (Fsp3) is 0.400. The van der Waals surface area contributed by atoms with Crippen molar-refractivity contribution < 1.29 is 0 Å². The molecule has 0 saturated carbocycles. The summed E-state index contributed by atoms with van der Waals surface area (Å²) in [6, 6.07) is 17.6. The van der Waals surface area contributed by atoms with Crippen LogP contribution < -0.4 is 0 Å². The molecule has 0 N–H and O–H groups in total. The molecule has 0 aromatic heterocycles. The summed E-state index contributed by atoms with van der Waals surface area (Å²) in [7, 11) is 0. The lowest BCUT2D eigenvalue weighted by atomic mass is 9.88. The van der Waals surface area contributed by atoms with Gasteiger partial charge >= 0.3 is 0 Å². The lowest BCUT2D eigenvalue weighted by molar-refractivity contribution is 0.525. The van der Waals surface area contributed by atoms with Gasteiger partial charge in [-0.05, 0) is 51.7 Å². The minimum absolute atomic E-state index is 0.000424. The van der Waals surface area contributed by atoms with Gasteiger partial charge in [-0.1, -0.05) is 91.5 Å². The number of rotatable bonds is 5. The molecule has 2 unspecified atom stereocenters. The third-order valence-corrected chi connectivity index (χ3v) is 6.08. The molecular weight excluding hydrogens is 400 g/mol. The van der Waals surface area contributed by atoms with Gasteiger partial charge < -0.3 is 0 Å². The van der Waals surface area contributed by atoms with E-state index in [-0.39, 0.29) is 8.65 Å². The first-order valence-corrected chi connectivity index (χ1v) is 9.31. The first-order valence-electron chi connectivity index (χ1n) is 7.73. The van der Waals surface area contributed by atoms with Crippen molar-refractivity contribution in [2.75, 3.05) is 0 Å². The van der Waals surface area contributed by atoms with E-state index in [1.54, 1.807) is 0 Å². The summed E-state index contributed by atoms with van der Waals surface area (Å²) in [6.07, 6.45) is 2.12. The van der Waals surface area contributed by atoms with Crippen molar-refractivity contribution in [1.29, 1.82) is 0 Å². The maximum Gasteiger partial charge on any atom is 0.0478 e. The molecule has 118 valence electrons. The first kappa shape index (κ1) is 17.7. The van der Waals surface area contributed by atoms with Crippen LogP contribution in [-0.4, -0.2) is 0 Å². The van der Waals surface area contributed by atoms with E-state index in [0.717, 1.165) is 12.8 Å². The van der Waals surface area contributed by atoms with Crippen molar-refractivity contribution in [2.24, 2.45) is 0 Å². The number of benzene rings is 2. The Balaban J connectivity index is 2.10. The SMILES string of the molecule is Cc1ccc(C(C)(Br)CCC(C)(Br)c2ccc(C)cc2)cc1. The minimum atomic E-state index is 0.000424. The topological polar surface area (TPSA) is 0 Å². The molecule has 0 saturated heterocycles. The summed E-state index contributed by atoms with van der Waals surface area (Å²) in [6.45, 7) is 8.77. The number of aryl methyl sites for hydroxylation is 2. The summed E-state index contributed by atoms with van der Waals surface area (Å²) in [5.74, 6) is 0. The van der Waals surface area contributed by atoms with Crippen LogP contribution >= 0.6 is 31.9 Å². The molecule has 0 aliphatic carbocycles. The second kappa shape index (κ2) is 6.88. The fourth-order valence-electron chi connectivity index (χ4n) is 2.56. The van der Waals surface area contributed by atoms with Crippen LogP contribution in [0.15, 0.2) is 48.5 Å². The molecular formula is C20H24Br2. The Hall–Kier alpha value is -0.600. The van der Waals surface area contributed by atoms with E-state index in [1.165, 1.54) is 22.3 Å². The van der Waals surface area contributed by atoms with Crippen LogP contribution in [-0.2, 0) is 8.65 Å². The van der Waals surface area contributed by atoms with Crippen LogP contribution in [0.2, 0.25) is 0 Å². The van der Waals surface area contributed by atoms with Gasteiger partial charge in [-0.15, -0.1) is 0 Å². The van der Waals surface area contributed by atoms with Crippen LogP contribution in [0, 0.1) is 13.8 Å². The van der Waals surface area contributed by atoms with E-state index in [9.17, 15) is 0 Å². The van der Waals surface area contributed by atoms with Gasteiger partial charge in [0.1, 0.15) is 0 Å². The van der Waals surface area contributed by atoms with Crippen LogP contribution in [0.4, 0.5) is 0 Å². The third-order valence-electron chi connectivity index (χ3n) is 4.37. The second-order valence-corrected chi connectivity index (χ2v) is 10.1. The Morgan fingerprint density at radius 3 is 1.18 bits per heavy atom. The zero-order valence-corrected chi connectivity index (χ0v) is 17.0. The van der Waals surface area contributed by atoms with E-state index >= 15 is 0 Å². The van der Waals surface area contributed by atoms with Gasteiger partial charge in [-0.25, -0.2) is 0 Å². The maximum absolute atomic E-state index is 3.93. The van der Waals surface area contributed by atoms with Gasteiger partial charge in [0.15, 0.2) is 0 Å². The first-order chi connectivity index (χ1) is 10.2. The molecule has 0 aliphatic heterocycles. The van der Waals surface area contributed by atoms with Crippen molar-refractivity contribution in [2.45, 2.75) is 49.2 Å². The summed E-state index contributed by atoms with van der Waals surface area (Å²) in [5, 5.41) is 0. The standard InChI is InChI=1S/C20H24Br2/c1-15-5-9-17(10-6-15)19(3,21)13-14-20(4,22)18-11-7-16(2)8-12-18/h5-12H,13-14H2,1-4H3. The summed E-state index contributed by atoms with van der Waals surface area (Å²) in [4.78, 5) is 0. The molecule has 2 aromatic carbocycles. The van der Waals surface area contributed by atoms with Crippen molar-refractivity contribution in [3.05, 3.63) is 70.8 Å². The third kappa shape index (κ3) is 4.45. The second-order valence-electron chi connectivity index (χ2n) is 6.63. The Kier molecular flexibility index (Phi) is 5.55. The predicted molar refractivity (Wildman–Crippen MR) is 104 cm³/mol. The van der Waals surface area contributed by atoms with Crippen LogP contribution in [0.25, 0.3) is 0 Å². The van der Waals surface area contributed by atoms with E-state index in [1.807, 2.05) is 0 Å². The molecule has 0 bridgehead atoms.